The number of ether oxygens (including phenoxy) is 1. The number of amides is 1. The SMILES string of the molecule is Cc1ccc(C(CO)NC(=O)OC(C)(C)C)c(Br)c1. The molecule has 0 bridgehead atoms. The second-order valence-corrected chi connectivity index (χ2v) is 6.26. The summed E-state index contributed by atoms with van der Waals surface area (Å²) in [5.74, 6) is 0. The van der Waals surface area contributed by atoms with Crippen molar-refractivity contribution >= 4 is 22.0 Å². The van der Waals surface area contributed by atoms with Crippen LogP contribution in [0.1, 0.15) is 37.9 Å². The van der Waals surface area contributed by atoms with Gasteiger partial charge in [-0.15, -0.1) is 0 Å². The average molecular weight is 330 g/mol. The van der Waals surface area contributed by atoms with Crippen LogP contribution in [0.15, 0.2) is 22.7 Å². The normalized spacial score (nSPS) is 12.9. The van der Waals surface area contributed by atoms with Gasteiger partial charge in [0.15, 0.2) is 0 Å². The Morgan fingerprint density at radius 3 is 2.58 bits per heavy atom. The summed E-state index contributed by atoms with van der Waals surface area (Å²) >= 11 is 3.44. The topological polar surface area (TPSA) is 58.6 Å². The number of carbonyl (C=O) groups excluding carboxylic acids is 1. The second kappa shape index (κ2) is 6.39. The molecule has 0 heterocycles. The number of alkyl carbamates (subject to hydrolysis) is 1. The molecule has 1 amide bonds. The molecule has 1 atom stereocenters. The third kappa shape index (κ3) is 5.20. The lowest BCUT2D eigenvalue weighted by molar-refractivity contribution is 0.0481. The van der Waals surface area contributed by atoms with E-state index >= 15 is 0 Å². The number of carbonyl (C=O) groups is 1. The first-order valence-corrected chi connectivity index (χ1v) is 6.88. The molecule has 106 valence electrons. The van der Waals surface area contributed by atoms with Crippen LogP contribution in [0.5, 0.6) is 0 Å². The van der Waals surface area contributed by atoms with Gasteiger partial charge >= 0.3 is 6.09 Å². The number of benzene rings is 1. The summed E-state index contributed by atoms with van der Waals surface area (Å²) in [6.07, 6.45) is -0.543. The minimum absolute atomic E-state index is 0.194. The van der Waals surface area contributed by atoms with Crippen molar-refractivity contribution in [3.8, 4) is 0 Å². The standard InChI is InChI=1S/C14H20BrNO3/c1-9-5-6-10(11(15)7-9)12(8-17)16-13(18)19-14(2,3)4/h5-7,12,17H,8H2,1-4H3,(H,16,18). The molecule has 0 saturated heterocycles. The first kappa shape index (κ1) is 16.0. The highest BCUT2D eigenvalue weighted by Gasteiger charge is 2.21. The van der Waals surface area contributed by atoms with Crippen LogP contribution >= 0.6 is 15.9 Å². The third-order valence-electron chi connectivity index (χ3n) is 2.40. The molecule has 0 aliphatic rings. The first-order chi connectivity index (χ1) is 8.73. The number of aliphatic hydroxyl groups is 1. The van der Waals surface area contributed by atoms with Crippen LogP contribution < -0.4 is 5.32 Å². The lowest BCUT2D eigenvalue weighted by atomic mass is 10.1. The zero-order valence-electron chi connectivity index (χ0n) is 11.7. The van der Waals surface area contributed by atoms with E-state index in [1.165, 1.54) is 0 Å². The average Bonchev–Trinajstić information content (AvgIpc) is 2.24. The number of aliphatic hydroxyl groups excluding tert-OH is 1. The molecule has 0 aliphatic heterocycles. The number of nitrogens with one attached hydrogen (secondary N) is 1. The molecule has 4 nitrogen and oxygen atoms in total. The number of hydrogen-bond acceptors (Lipinski definition) is 3. The van der Waals surface area contributed by atoms with E-state index in [9.17, 15) is 9.90 Å². The van der Waals surface area contributed by atoms with Gasteiger partial charge in [-0.2, -0.15) is 0 Å². The highest BCUT2D eigenvalue weighted by atomic mass is 79.9. The molecule has 0 saturated carbocycles. The lowest BCUT2D eigenvalue weighted by Gasteiger charge is -2.23. The Morgan fingerprint density at radius 2 is 2.11 bits per heavy atom. The minimum Gasteiger partial charge on any atom is -0.444 e. The Balaban J connectivity index is 2.81. The van der Waals surface area contributed by atoms with E-state index in [1.807, 2.05) is 25.1 Å². The molecule has 1 aromatic carbocycles. The predicted molar refractivity (Wildman–Crippen MR) is 78.1 cm³/mol. The van der Waals surface area contributed by atoms with E-state index in [0.717, 1.165) is 15.6 Å². The van der Waals surface area contributed by atoms with Crippen molar-refractivity contribution in [2.24, 2.45) is 0 Å². The van der Waals surface area contributed by atoms with Gasteiger partial charge in [0.05, 0.1) is 12.6 Å². The fraction of sp³-hybridized carbons (Fsp3) is 0.500. The number of halogens is 1. The summed E-state index contributed by atoms with van der Waals surface area (Å²) in [4.78, 5) is 11.7. The Bertz CT molecular complexity index is 454. The van der Waals surface area contributed by atoms with E-state index in [4.69, 9.17) is 4.74 Å². The summed E-state index contributed by atoms with van der Waals surface area (Å²) in [5.41, 5.74) is 1.36. The largest absolute Gasteiger partial charge is 0.444 e. The van der Waals surface area contributed by atoms with Crippen LogP contribution in [0.2, 0.25) is 0 Å². The van der Waals surface area contributed by atoms with Crippen LogP contribution in [0, 0.1) is 6.92 Å². The zero-order chi connectivity index (χ0) is 14.6. The van der Waals surface area contributed by atoms with Gasteiger partial charge < -0.3 is 15.2 Å². The molecular weight excluding hydrogens is 310 g/mol. The fourth-order valence-electron chi connectivity index (χ4n) is 1.59. The van der Waals surface area contributed by atoms with Gasteiger partial charge in [-0.1, -0.05) is 28.1 Å². The first-order valence-electron chi connectivity index (χ1n) is 6.09. The van der Waals surface area contributed by atoms with Gasteiger partial charge in [0.2, 0.25) is 0 Å². The lowest BCUT2D eigenvalue weighted by Crippen LogP contribution is -2.36. The van der Waals surface area contributed by atoms with Crippen molar-refractivity contribution in [2.45, 2.75) is 39.3 Å². The Kier molecular flexibility index (Phi) is 5.38. The van der Waals surface area contributed by atoms with E-state index in [0.29, 0.717) is 0 Å². The van der Waals surface area contributed by atoms with Crippen molar-refractivity contribution in [3.05, 3.63) is 33.8 Å². The Hall–Kier alpha value is -1.07. The maximum atomic E-state index is 11.7. The zero-order valence-corrected chi connectivity index (χ0v) is 13.2. The Labute approximate surface area is 122 Å². The predicted octanol–water partition coefficient (Wildman–Crippen LogP) is 3.32. The van der Waals surface area contributed by atoms with Gasteiger partial charge in [0, 0.05) is 4.47 Å². The summed E-state index contributed by atoms with van der Waals surface area (Å²) in [6, 6.07) is 5.25. The molecule has 1 aromatic rings. The van der Waals surface area contributed by atoms with Crippen LogP contribution in [-0.2, 0) is 4.74 Å². The van der Waals surface area contributed by atoms with E-state index in [2.05, 4.69) is 21.2 Å². The monoisotopic (exact) mass is 329 g/mol. The molecule has 5 heteroatoms. The molecule has 0 spiro atoms. The summed E-state index contributed by atoms with van der Waals surface area (Å²) < 4.78 is 6.03. The quantitative estimate of drug-likeness (QED) is 0.894. The smallest absolute Gasteiger partial charge is 0.408 e. The van der Waals surface area contributed by atoms with Crippen molar-refractivity contribution in [2.75, 3.05) is 6.61 Å². The number of hydrogen-bond donors (Lipinski definition) is 2. The summed E-state index contributed by atoms with van der Waals surface area (Å²) in [7, 11) is 0. The van der Waals surface area contributed by atoms with E-state index in [1.54, 1.807) is 20.8 Å². The molecule has 0 radical (unpaired) electrons. The van der Waals surface area contributed by atoms with Crippen LogP contribution in [0.3, 0.4) is 0 Å². The van der Waals surface area contributed by atoms with Crippen LogP contribution in [0.4, 0.5) is 4.79 Å². The highest BCUT2D eigenvalue weighted by molar-refractivity contribution is 9.10. The Morgan fingerprint density at radius 1 is 1.47 bits per heavy atom. The molecule has 2 N–H and O–H groups in total. The molecule has 0 aliphatic carbocycles. The van der Waals surface area contributed by atoms with Gasteiger partial charge in [-0.05, 0) is 44.9 Å². The van der Waals surface area contributed by atoms with Gasteiger partial charge in [-0.3, -0.25) is 0 Å². The van der Waals surface area contributed by atoms with Crippen LogP contribution in [0.25, 0.3) is 0 Å². The van der Waals surface area contributed by atoms with Crippen molar-refractivity contribution in [1.82, 2.24) is 5.32 Å². The van der Waals surface area contributed by atoms with E-state index < -0.39 is 17.7 Å². The number of rotatable bonds is 3. The maximum Gasteiger partial charge on any atom is 0.408 e. The van der Waals surface area contributed by atoms with Gasteiger partial charge in [0.1, 0.15) is 5.60 Å². The molecule has 1 unspecified atom stereocenters. The van der Waals surface area contributed by atoms with E-state index in [-0.39, 0.29) is 6.61 Å². The highest BCUT2D eigenvalue weighted by Crippen LogP contribution is 2.24. The van der Waals surface area contributed by atoms with Crippen molar-refractivity contribution < 1.29 is 14.6 Å². The molecule has 0 aromatic heterocycles. The molecule has 0 fully saturated rings. The molecule has 1 rings (SSSR count). The third-order valence-corrected chi connectivity index (χ3v) is 3.09. The number of aryl methyl sites for hydroxylation is 1. The summed E-state index contributed by atoms with van der Waals surface area (Å²) in [5, 5.41) is 12.1. The second-order valence-electron chi connectivity index (χ2n) is 5.41. The van der Waals surface area contributed by atoms with Gasteiger partial charge in [-0.25, -0.2) is 4.79 Å². The summed E-state index contributed by atoms with van der Waals surface area (Å²) in [6.45, 7) is 7.16. The van der Waals surface area contributed by atoms with Crippen molar-refractivity contribution in [1.29, 1.82) is 0 Å². The van der Waals surface area contributed by atoms with Crippen molar-refractivity contribution in [3.63, 3.8) is 0 Å². The fourth-order valence-corrected chi connectivity index (χ4v) is 2.36. The maximum absolute atomic E-state index is 11.7. The van der Waals surface area contributed by atoms with Crippen LogP contribution in [-0.4, -0.2) is 23.4 Å². The molecular formula is C14H20BrNO3. The van der Waals surface area contributed by atoms with Gasteiger partial charge in [0.25, 0.3) is 0 Å². The molecule has 19 heavy (non-hydrogen) atoms. The minimum atomic E-state index is -0.561.